The van der Waals surface area contributed by atoms with Gasteiger partial charge in [0, 0.05) is 16.7 Å². The molecule has 4 heteroatoms. The van der Waals surface area contributed by atoms with Gasteiger partial charge in [-0.05, 0) is 37.5 Å². The van der Waals surface area contributed by atoms with Crippen molar-refractivity contribution in [3.05, 3.63) is 28.2 Å². The van der Waals surface area contributed by atoms with Crippen molar-refractivity contribution in [2.45, 2.75) is 19.8 Å². The van der Waals surface area contributed by atoms with Gasteiger partial charge < -0.3 is 10.4 Å². The zero-order chi connectivity index (χ0) is 11.8. The van der Waals surface area contributed by atoms with Gasteiger partial charge in [0.25, 0.3) is 0 Å². The number of hydrogen-bond donors (Lipinski definition) is 2. The molecule has 1 saturated carbocycles. The summed E-state index contributed by atoms with van der Waals surface area (Å²) in [6, 6.07) is 5.96. The summed E-state index contributed by atoms with van der Waals surface area (Å²) < 4.78 is 1.00. The van der Waals surface area contributed by atoms with Gasteiger partial charge in [0.05, 0.1) is 5.41 Å². The summed E-state index contributed by atoms with van der Waals surface area (Å²) in [6.07, 6.45) is 1.56. The normalized spacial score (nSPS) is 16.9. The molecule has 1 aromatic carbocycles. The standard InChI is InChI=1S/C12H14BrNO2/c1-8-2-3-9(13)6-10(8)14-7-12(4-5-12)11(15)16/h2-3,6,14H,4-5,7H2,1H3,(H,15,16). The van der Waals surface area contributed by atoms with Gasteiger partial charge in [0.1, 0.15) is 0 Å². The molecule has 1 fully saturated rings. The summed E-state index contributed by atoms with van der Waals surface area (Å²) in [6.45, 7) is 2.52. The van der Waals surface area contributed by atoms with E-state index in [1.54, 1.807) is 0 Å². The van der Waals surface area contributed by atoms with Crippen LogP contribution in [0.2, 0.25) is 0 Å². The number of benzene rings is 1. The molecule has 2 rings (SSSR count). The number of rotatable bonds is 4. The second-order valence-electron chi connectivity index (χ2n) is 4.40. The minimum atomic E-state index is -0.687. The van der Waals surface area contributed by atoms with Gasteiger partial charge in [-0.3, -0.25) is 4.79 Å². The largest absolute Gasteiger partial charge is 0.481 e. The van der Waals surface area contributed by atoms with Crippen LogP contribution >= 0.6 is 15.9 Å². The molecule has 86 valence electrons. The second-order valence-corrected chi connectivity index (χ2v) is 5.31. The summed E-state index contributed by atoms with van der Waals surface area (Å²) in [5.41, 5.74) is 1.61. The lowest BCUT2D eigenvalue weighted by Gasteiger charge is -2.14. The molecule has 3 nitrogen and oxygen atoms in total. The summed E-state index contributed by atoms with van der Waals surface area (Å²) >= 11 is 3.40. The van der Waals surface area contributed by atoms with Crippen molar-refractivity contribution >= 4 is 27.6 Å². The minimum absolute atomic E-state index is 0.514. The maximum atomic E-state index is 11.0. The Kier molecular flexibility index (Phi) is 2.93. The summed E-state index contributed by atoms with van der Waals surface area (Å²) in [4.78, 5) is 11.0. The molecule has 0 aromatic heterocycles. The van der Waals surface area contributed by atoms with Gasteiger partial charge in [-0.1, -0.05) is 22.0 Å². The quantitative estimate of drug-likeness (QED) is 0.893. The highest BCUT2D eigenvalue weighted by Crippen LogP contribution is 2.46. The van der Waals surface area contributed by atoms with Crippen molar-refractivity contribution in [3.8, 4) is 0 Å². The third-order valence-corrected chi connectivity index (χ3v) is 3.62. The Balaban J connectivity index is 2.05. The Morgan fingerprint density at radius 2 is 2.25 bits per heavy atom. The lowest BCUT2D eigenvalue weighted by Crippen LogP contribution is -2.24. The van der Waals surface area contributed by atoms with Gasteiger partial charge >= 0.3 is 5.97 Å². The predicted molar refractivity (Wildman–Crippen MR) is 66.7 cm³/mol. The molecule has 0 radical (unpaired) electrons. The Bertz CT molecular complexity index is 427. The number of aryl methyl sites for hydroxylation is 1. The second kappa shape index (κ2) is 4.09. The first-order valence-electron chi connectivity index (χ1n) is 5.27. The molecule has 0 spiro atoms. The highest BCUT2D eigenvalue weighted by molar-refractivity contribution is 9.10. The number of hydrogen-bond acceptors (Lipinski definition) is 2. The number of carbonyl (C=O) groups is 1. The number of aliphatic carboxylic acids is 1. The first-order valence-corrected chi connectivity index (χ1v) is 6.06. The van der Waals surface area contributed by atoms with Crippen LogP contribution in [0, 0.1) is 12.3 Å². The molecule has 1 aliphatic rings. The van der Waals surface area contributed by atoms with Gasteiger partial charge in [-0.25, -0.2) is 0 Å². The van der Waals surface area contributed by atoms with Crippen LogP contribution in [0.15, 0.2) is 22.7 Å². The smallest absolute Gasteiger partial charge is 0.311 e. The molecule has 0 heterocycles. The molecule has 16 heavy (non-hydrogen) atoms. The zero-order valence-electron chi connectivity index (χ0n) is 9.09. The third kappa shape index (κ3) is 2.21. The van der Waals surface area contributed by atoms with Crippen LogP contribution in [0.25, 0.3) is 0 Å². The van der Waals surface area contributed by atoms with Crippen LogP contribution in [-0.4, -0.2) is 17.6 Å². The molecule has 1 aromatic rings. The molecule has 1 aliphatic carbocycles. The fraction of sp³-hybridized carbons (Fsp3) is 0.417. The number of halogens is 1. The minimum Gasteiger partial charge on any atom is -0.481 e. The number of carboxylic acid groups (broad SMARTS) is 1. The van der Waals surface area contributed by atoms with Crippen LogP contribution in [0.4, 0.5) is 5.69 Å². The van der Waals surface area contributed by atoms with Crippen LogP contribution in [0.3, 0.4) is 0 Å². The van der Waals surface area contributed by atoms with Crippen molar-refractivity contribution in [3.63, 3.8) is 0 Å². The summed E-state index contributed by atoms with van der Waals surface area (Å²) in [5, 5.41) is 12.3. The van der Waals surface area contributed by atoms with Crippen LogP contribution in [0.1, 0.15) is 18.4 Å². The average molecular weight is 284 g/mol. The molecular formula is C12H14BrNO2. The van der Waals surface area contributed by atoms with E-state index < -0.39 is 11.4 Å². The lowest BCUT2D eigenvalue weighted by atomic mass is 10.1. The molecule has 0 aliphatic heterocycles. The first-order chi connectivity index (χ1) is 7.53. The third-order valence-electron chi connectivity index (χ3n) is 3.12. The van der Waals surface area contributed by atoms with E-state index in [9.17, 15) is 4.79 Å². The highest BCUT2D eigenvalue weighted by Gasteiger charge is 2.50. The highest BCUT2D eigenvalue weighted by atomic mass is 79.9. The van der Waals surface area contributed by atoms with Gasteiger partial charge in [0.15, 0.2) is 0 Å². The summed E-state index contributed by atoms with van der Waals surface area (Å²) in [7, 11) is 0. The first kappa shape index (κ1) is 11.5. The zero-order valence-corrected chi connectivity index (χ0v) is 10.7. The Morgan fingerprint density at radius 3 is 2.81 bits per heavy atom. The van der Waals surface area contributed by atoms with E-state index in [1.165, 1.54) is 0 Å². The Morgan fingerprint density at radius 1 is 1.56 bits per heavy atom. The van der Waals surface area contributed by atoms with Gasteiger partial charge in [-0.2, -0.15) is 0 Å². The van der Waals surface area contributed by atoms with E-state index in [4.69, 9.17) is 5.11 Å². The Hall–Kier alpha value is -1.03. The number of nitrogens with one attached hydrogen (secondary N) is 1. The molecule has 0 unspecified atom stereocenters. The van der Waals surface area contributed by atoms with Crippen molar-refractivity contribution in [2.75, 3.05) is 11.9 Å². The molecule has 2 N–H and O–H groups in total. The van der Waals surface area contributed by atoms with Crippen molar-refractivity contribution < 1.29 is 9.90 Å². The topological polar surface area (TPSA) is 49.3 Å². The fourth-order valence-corrected chi connectivity index (χ4v) is 2.03. The van der Waals surface area contributed by atoms with E-state index in [0.717, 1.165) is 28.6 Å². The SMILES string of the molecule is Cc1ccc(Br)cc1NCC1(C(=O)O)CC1. The van der Waals surface area contributed by atoms with Crippen molar-refractivity contribution in [2.24, 2.45) is 5.41 Å². The maximum Gasteiger partial charge on any atom is 0.311 e. The molecule has 0 atom stereocenters. The predicted octanol–water partition coefficient (Wildman–Crippen LogP) is 3.03. The number of anilines is 1. The Labute approximate surface area is 103 Å². The van der Waals surface area contributed by atoms with E-state index >= 15 is 0 Å². The van der Waals surface area contributed by atoms with E-state index in [0.29, 0.717) is 6.54 Å². The molecule has 0 amide bonds. The average Bonchev–Trinajstić information content (AvgIpc) is 3.00. The fourth-order valence-electron chi connectivity index (χ4n) is 1.67. The van der Waals surface area contributed by atoms with E-state index in [1.807, 2.05) is 25.1 Å². The van der Waals surface area contributed by atoms with E-state index in [2.05, 4.69) is 21.2 Å². The van der Waals surface area contributed by atoms with Gasteiger partial charge in [0.2, 0.25) is 0 Å². The maximum absolute atomic E-state index is 11.0. The van der Waals surface area contributed by atoms with Gasteiger partial charge in [-0.15, -0.1) is 0 Å². The van der Waals surface area contributed by atoms with Crippen molar-refractivity contribution in [1.29, 1.82) is 0 Å². The van der Waals surface area contributed by atoms with E-state index in [-0.39, 0.29) is 0 Å². The molecular weight excluding hydrogens is 270 g/mol. The summed E-state index contributed by atoms with van der Waals surface area (Å²) in [5.74, 6) is -0.687. The molecule has 0 bridgehead atoms. The monoisotopic (exact) mass is 283 g/mol. The van der Waals surface area contributed by atoms with Crippen molar-refractivity contribution in [1.82, 2.24) is 0 Å². The van der Waals surface area contributed by atoms with Crippen LogP contribution < -0.4 is 5.32 Å². The van der Waals surface area contributed by atoms with Crippen LogP contribution in [0.5, 0.6) is 0 Å². The van der Waals surface area contributed by atoms with Crippen LogP contribution in [-0.2, 0) is 4.79 Å². The molecule has 0 saturated heterocycles. The lowest BCUT2D eigenvalue weighted by molar-refractivity contribution is -0.142. The number of carboxylic acids is 1.